The number of halogens is 1. The molecule has 0 fully saturated rings. The fourth-order valence-corrected chi connectivity index (χ4v) is 5.38. The van der Waals surface area contributed by atoms with Gasteiger partial charge in [-0.25, -0.2) is 0 Å². The molecule has 1 aliphatic carbocycles. The van der Waals surface area contributed by atoms with E-state index in [1.165, 1.54) is 0 Å². The molecule has 1 aromatic rings. The van der Waals surface area contributed by atoms with Crippen LogP contribution in [0.25, 0.3) is 0 Å². The summed E-state index contributed by atoms with van der Waals surface area (Å²) >= 11 is 9.63. The summed E-state index contributed by atoms with van der Waals surface area (Å²) in [7, 11) is 0. The van der Waals surface area contributed by atoms with Crippen LogP contribution in [-0.4, -0.2) is 29.0 Å². The van der Waals surface area contributed by atoms with Crippen molar-refractivity contribution in [2.24, 2.45) is 11.1 Å². The van der Waals surface area contributed by atoms with Crippen molar-refractivity contribution in [1.82, 2.24) is 0 Å². The van der Waals surface area contributed by atoms with Crippen LogP contribution in [0.2, 0.25) is 5.02 Å². The van der Waals surface area contributed by atoms with Crippen LogP contribution in [-0.2, 0) is 9.63 Å². The van der Waals surface area contributed by atoms with Gasteiger partial charge in [0.2, 0.25) is 0 Å². The first-order chi connectivity index (χ1) is 11.9. The minimum Gasteiger partial charge on any atom is -0.512 e. The molecule has 25 heavy (non-hydrogen) atoms. The molecule has 0 bridgehead atoms. The van der Waals surface area contributed by atoms with Crippen molar-refractivity contribution >= 4 is 46.2 Å². The van der Waals surface area contributed by atoms with Gasteiger partial charge in [-0.15, -0.1) is 23.1 Å². The van der Waals surface area contributed by atoms with E-state index in [4.69, 9.17) is 16.4 Å². The van der Waals surface area contributed by atoms with Crippen molar-refractivity contribution in [2.75, 3.05) is 12.4 Å². The van der Waals surface area contributed by atoms with Crippen LogP contribution in [0.15, 0.2) is 26.1 Å². The number of oxime groups is 1. The average molecular weight is 402 g/mol. The van der Waals surface area contributed by atoms with E-state index in [2.05, 4.69) is 10.5 Å². The molecule has 0 amide bonds. The van der Waals surface area contributed by atoms with Crippen LogP contribution < -0.4 is 0 Å². The standard InChI is InChI=1S/C18H24ClNO3S2/c1-4-23-20-12(3)7-14-15(21)8-13(9-16(14)22)5-6-24-18-17(19)11(2)10-25-18/h10,13,21H,4-9H2,1-3H3. The van der Waals surface area contributed by atoms with Crippen molar-refractivity contribution < 1.29 is 14.7 Å². The Kier molecular flexibility index (Phi) is 7.84. The second-order valence-corrected chi connectivity index (χ2v) is 8.82. The summed E-state index contributed by atoms with van der Waals surface area (Å²) in [5.41, 5.74) is 2.30. The Balaban J connectivity index is 1.88. The zero-order valence-corrected chi connectivity index (χ0v) is 17.2. The summed E-state index contributed by atoms with van der Waals surface area (Å²) in [6, 6.07) is 0. The lowest BCUT2D eigenvalue weighted by atomic mass is 9.84. The van der Waals surface area contributed by atoms with Crippen LogP contribution in [0.3, 0.4) is 0 Å². The first-order valence-corrected chi connectivity index (χ1v) is 10.6. The third-order valence-corrected chi connectivity index (χ3v) is 7.20. The summed E-state index contributed by atoms with van der Waals surface area (Å²) in [5.74, 6) is 1.32. The molecule has 0 saturated heterocycles. The van der Waals surface area contributed by atoms with E-state index in [0.29, 0.717) is 37.2 Å². The smallest absolute Gasteiger partial charge is 0.162 e. The summed E-state index contributed by atoms with van der Waals surface area (Å²) in [6.07, 6.45) is 2.28. The van der Waals surface area contributed by atoms with Gasteiger partial charge in [-0.3, -0.25) is 4.79 Å². The third-order valence-electron chi connectivity index (χ3n) is 4.05. The number of nitrogens with zero attached hydrogens (tertiary/aromatic N) is 1. The van der Waals surface area contributed by atoms with E-state index in [-0.39, 0.29) is 17.5 Å². The number of hydrogen-bond donors (Lipinski definition) is 1. The molecular weight excluding hydrogens is 378 g/mol. The van der Waals surface area contributed by atoms with E-state index < -0.39 is 0 Å². The number of aliphatic hydroxyl groups excluding tert-OH is 1. The summed E-state index contributed by atoms with van der Waals surface area (Å²) in [5, 5.41) is 17.1. The van der Waals surface area contributed by atoms with Gasteiger partial charge in [-0.1, -0.05) is 16.8 Å². The number of carbonyl (C=O) groups excluding carboxylic acids is 1. The Morgan fingerprint density at radius 1 is 1.52 bits per heavy atom. The SMILES string of the molecule is CCON=C(C)CC1=C(O)CC(CCSc2scc(C)c2Cl)CC1=O. The fraction of sp³-hybridized carbons (Fsp3) is 0.556. The molecule has 4 nitrogen and oxygen atoms in total. The number of hydrogen-bond acceptors (Lipinski definition) is 6. The molecule has 1 atom stereocenters. The average Bonchev–Trinajstić information content (AvgIpc) is 2.88. The second-order valence-electron chi connectivity index (χ2n) is 6.20. The van der Waals surface area contributed by atoms with Crippen LogP contribution >= 0.6 is 34.7 Å². The maximum Gasteiger partial charge on any atom is 0.162 e. The van der Waals surface area contributed by atoms with Crippen molar-refractivity contribution in [3.63, 3.8) is 0 Å². The Bertz CT molecular complexity index is 682. The highest BCUT2D eigenvalue weighted by molar-refractivity contribution is 8.01. The Morgan fingerprint density at radius 2 is 2.28 bits per heavy atom. The number of rotatable bonds is 8. The normalized spacial score (nSPS) is 18.8. The zero-order chi connectivity index (χ0) is 18.4. The lowest BCUT2D eigenvalue weighted by Crippen LogP contribution is -2.21. The van der Waals surface area contributed by atoms with E-state index >= 15 is 0 Å². The Morgan fingerprint density at radius 3 is 2.88 bits per heavy atom. The Labute approximate surface area is 162 Å². The number of carbonyl (C=O) groups is 1. The van der Waals surface area contributed by atoms with Crippen LogP contribution in [0.5, 0.6) is 0 Å². The Hall–Kier alpha value is -0.980. The summed E-state index contributed by atoms with van der Waals surface area (Å²) in [6.45, 7) is 6.15. The molecule has 0 aliphatic heterocycles. The minimum atomic E-state index is 0.0230. The predicted molar refractivity (Wildman–Crippen MR) is 106 cm³/mol. The van der Waals surface area contributed by atoms with Gasteiger partial charge in [0.1, 0.15) is 6.61 Å². The molecule has 1 N–H and O–H groups in total. The molecule has 0 spiro atoms. The fourth-order valence-electron chi connectivity index (χ4n) is 2.70. The van der Waals surface area contributed by atoms with Crippen molar-refractivity contribution in [1.29, 1.82) is 0 Å². The first kappa shape index (κ1) is 20.3. The van der Waals surface area contributed by atoms with Crippen LogP contribution in [0.1, 0.15) is 45.1 Å². The monoisotopic (exact) mass is 401 g/mol. The molecule has 0 saturated carbocycles. The van der Waals surface area contributed by atoms with E-state index in [1.807, 2.05) is 13.8 Å². The van der Waals surface area contributed by atoms with Gasteiger partial charge in [-0.2, -0.15) is 0 Å². The first-order valence-electron chi connectivity index (χ1n) is 8.38. The third kappa shape index (κ3) is 5.76. The van der Waals surface area contributed by atoms with Gasteiger partial charge in [0, 0.05) is 24.8 Å². The van der Waals surface area contributed by atoms with E-state index in [9.17, 15) is 9.90 Å². The molecular formula is C18H24ClNO3S2. The van der Waals surface area contributed by atoms with Crippen molar-refractivity contribution in [2.45, 2.75) is 50.7 Å². The number of ketones is 1. The van der Waals surface area contributed by atoms with Gasteiger partial charge in [0.05, 0.1) is 20.7 Å². The molecule has 2 rings (SSSR count). The molecule has 1 unspecified atom stereocenters. The maximum atomic E-state index is 12.4. The van der Waals surface area contributed by atoms with Gasteiger partial charge in [0.25, 0.3) is 0 Å². The number of aryl methyl sites for hydroxylation is 1. The molecule has 1 aliphatic rings. The molecule has 1 heterocycles. The number of aliphatic hydroxyl groups is 1. The number of thioether (sulfide) groups is 1. The number of thiophene rings is 1. The van der Waals surface area contributed by atoms with Gasteiger partial charge in [0.15, 0.2) is 5.78 Å². The van der Waals surface area contributed by atoms with Gasteiger partial charge >= 0.3 is 0 Å². The highest BCUT2D eigenvalue weighted by Crippen LogP contribution is 2.37. The molecule has 0 aromatic carbocycles. The number of Topliss-reactive ketones (excluding diaryl/α,β-unsaturated/α-hetero) is 1. The topological polar surface area (TPSA) is 58.9 Å². The largest absolute Gasteiger partial charge is 0.512 e. The lowest BCUT2D eigenvalue weighted by Gasteiger charge is -2.23. The van der Waals surface area contributed by atoms with Crippen molar-refractivity contribution in [3.8, 4) is 0 Å². The van der Waals surface area contributed by atoms with Crippen LogP contribution in [0.4, 0.5) is 0 Å². The van der Waals surface area contributed by atoms with E-state index in [0.717, 1.165) is 27.0 Å². The van der Waals surface area contributed by atoms with Gasteiger partial charge in [-0.05, 0) is 49.8 Å². The van der Waals surface area contributed by atoms with Crippen LogP contribution in [0, 0.1) is 12.8 Å². The highest BCUT2D eigenvalue weighted by Gasteiger charge is 2.27. The van der Waals surface area contributed by atoms with Gasteiger partial charge < -0.3 is 9.94 Å². The maximum absolute atomic E-state index is 12.4. The lowest BCUT2D eigenvalue weighted by molar-refractivity contribution is -0.117. The quantitative estimate of drug-likeness (QED) is 0.340. The second kappa shape index (κ2) is 9.64. The predicted octanol–water partition coefficient (Wildman–Crippen LogP) is 5.79. The molecule has 138 valence electrons. The molecule has 0 radical (unpaired) electrons. The highest BCUT2D eigenvalue weighted by atomic mass is 35.5. The molecule has 1 aromatic heterocycles. The summed E-state index contributed by atoms with van der Waals surface area (Å²) < 4.78 is 1.13. The minimum absolute atomic E-state index is 0.0230. The molecule has 7 heteroatoms. The van der Waals surface area contributed by atoms with E-state index in [1.54, 1.807) is 30.0 Å². The zero-order valence-electron chi connectivity index (χ0n) is 14.8. The summed E-state index contributed by atoms with van der Waals surface area (Å²) in [4.78, 5) is 17.4. The van der Waals surface area contributed by atoms with Crippen molar-refractivity contribution in [3.05, 3.63) is 27.3 Å². The number of allylic oxidation sites excluding steroid dienone is 2.